The van der Waals surface area contributed by atoms with Gasteiger partial charge in [-0.15, -0.1) is 0 Å². The minimum Gasteiger partial charge on any atom is -0.511 e. The normalized spacial score (nSPS) is 40.3. The molecule has 61 heavy (non-hydrogen) atoms. The quantitative estimate of drug-likeness (QED) is 0.185. The minimum atomic E-state index is -1.88. The Labute approximate surface area is 356 Å². The number of fused-ring (bicyclic) bond motifs is 3. The fourth-order valence-electron chi connectivity index (χ4n) is 13.6. The molecule has 0 radical (unpaired) electrons. The Morgan fingerprint density at radius 2 is 1.66 bits per heavy atom. The van der Waals surface area contributed by atoms with Crippen molar-refractivity contribution in [3.8, 4) is 5.75 Å². The van der Waals surface area contributed by atoms with Crippen LogP contribution in [0.4, 0.5) is 0 Å². The molecular formula is C47H61NO13. The van der Waals surface area contributed by atoms with Crippen molar-refractivity contribution in [1.29, 1.82) is 0 Å². The molecule has 9 unspecified atom stereocenters. The largest absolute Gasteiger partial charge is 0.511 e. The van der Waals surface area contributed by atoms with Crippen molar-refractivity contribution < 1.29 is 63.7 Å². The first-order valence-electron chi connectivity index (χ1n) is 22.6. The molecule has 8 aliphatic rings. The number of carbonyl (C=O) groups is 4. The maximum Gasteiger partial charge on any atom is 0.179 e. The predicted octanol–water partition coefficient (Wildman–Crippen LogP) is 5.49. The molecule has 1 aromatic carbocycles. The predicted molar refractivity (Wildman–Crippen MR) is 218 cm³/mol. The van der Waals surface area contributed by atoms with Crippen molar-refractivity contribution in [3.05, 3.63) is 52.0 Å². The molecule has 4 aliphatic heterocycles. The summed E-state index contributed by atoms with van der Waals surface area (Å²) in [7, 11) is 1.37. The smallest absolute Gasteiger partial charge is 0.179 e. The van der Waals surface area contributed by atoms with Crippen LogP contribution in [0.5, 0.6) is 5.75 Å². The number of hydrogen-bond acceptors (Lipinski definition) is 14. The zero-order valence-corrected chi connectivity index (χ0v) is 35.5. The molecule has 4 saturated heterocycles. The average Bonchev–Trinajstić information content (AvgIpc) is 3.49. The second kappa shape index (κ2) is 15.6. The van der Waals surface area contributed by atoms with Gasteiger partial charge in [0.2, 0.25) is 0 Å². The van der Waals surface area contributed by atoms with Gasteiger partial charge in [0.25, 0.3) is 0 Å². The highest BCUT2D eigenvalue weighted by atomic mass is 16.7. The van der Waals surface area contributed by atoms with Gasteiger partial charge in [0, 0.05) is 60.3 Å². The SMILES string of the molecule is COc1cccc2c1C(=O)C1C(O)=C3C(=C(O)C1C2=O)C[C@@](O)(CC(=O)CO)C[C@@H]3OC1CC(C23CCCC4(OC5CCCCCC5)CC(C(C)=O)(CCC2)N43)C(O)C(C)O1. The number of nitrogens with zero attached hydrogens (tertiary/aromatic N) is 1. The van der Waals surface area contributed by atoms with E-state index in [0.29, 0.717) is 12.8 Å². The average molecular weight is 848 g/mol. The number of Topliss-reactive ketones (excluding diaryl/α,β-unsaturated/α-hetero) is 4. The number of methoxy groups -OCH3 is 1. The molecule has 14 heteroatoms. The second-order valence-corrected chi connectivity index (χ2v) is 19.5. The van der Waals surface area contributed by atoms with E-state index in [9.17, 15) is 44.7 Å². The molecule has 4 aliphatic carbocycles. The number of aliphatic hydroxyl groups is 5. The van der Waals surface area contributed by atoms with Crippen molar-refractivity contribution in [2.24, 2.45) is 17.8 Å². The highest BCUT2D eigenvalue weighted by Crippen LogP contribution is 2.66. The summed E-state index contributed by atoms with van der Waals surface area (Å²) >= 11 is 0. The van der Waals surface area contributed by atoms with Gasteiger partial charge in [-0.2, -0.15) is 0 Å². The Bertz CT molecular complexity index is 2050. The summed E-state index contributed by atoms with van der Waals surface area (Å²) in [4.78, 5) is 57.3. The van der Waals surface area contributed by atoms with Crippen LogP contribution in [-0.2, 0) is 23.8 Å². The number of rotatable bonds is 10. The molecule has 5 N–H and O–H groups in total. The van der Waals surface area contributed by atoms with E-state index in [4.69, 9.17) is 18.9 Å². The van der Waals surface area contributed by atoms with E-state index >= 15 is 0 Å². The van der Waals surface area contributed by atoms with Gasteiger partial charge in [-0.25, -0.2) is 0 Å². The van der Waals surface area contributed by atoms with Crippen molar-refractivity contribution in [2.45, 2.75) is 176 Å². The summed E-state index contributed by atoms with van der Waals surface area (Å²) in [6.07, 6.45) is 6.96. The Morgan fingerprint density at radius 1 is 0.951 bits per heavy atom. The summed E-state index contributed by atoms with van der Waals surface area (Å²) in [6.45, 7) is 2.61. The lowest BCUT2D eigenvalue weighted by atomic mass is 9.53. The molecule has 9 rings (SSSR count). The molecular weight excluding hydrogens is 787 g/mol. The Morgan fingerprint density at radius 3 is 2.34 bits per heavy atom. The van der Waals surface area contributed by atoms with E-state index in [2.05, 4.69) is 4.90 Å². The minimum absolute atomic E-state index is 0.00908. The third-order valence-electron chi connectivity index (χ3n) is 16.0. The monoisotopic (exact) mass is 847 g/mol. The third kappa shape index (κ3) is 6.60. The molecule has 0 amide bonds. The van der Waals surface area contributed by atoms with E-state index in [-0.39, 0.29) is 59.2 Å². The molecule has 332 valence electrons. The fourth-order valence-corrected chi connectivity index (χ4v) is 13.6. The lowest BCUT2D eigenvalue weighted by Gasteiger charge is -2.76. The number of aliphatic hydroxyl groups excluding tert-OH is 4. The van der Waals surface area contributed by atoms with Crippen LogP contribution in [0, 0.1) is 17.8 Å². The van der Waals surface area contributed by atoms with Gasteiger partial charge in [0.05, 0.1) is 60.1 Å². The molecule has 1 aromatic rings. The molecule has 0 bridgehead atoms. The lowest BCUT2D eigenvalue weighted by molar-refractivity contribution is -0.374. The second-order valence-electron chi connectivity index (χ2n) is 19.5. The highest BCUT2D eigenvalue weighted by molar-refractivity contribution is 6.19. The molecule has 2 saturated carbocycles. The van der Waals surface area contributed by atoms with Crippen LogP contribution in [-0.4, -0.2) is 120 Å². The van der Waals surface area contributed by atoms with E-state index in [1.165, 1.54) is 26.0 Å². The molecule has 4 heterocycles. The number of carbonyl (C=O) groups excluding carboxylic acids is 4. The first-order valence-corrected chi connectivity index (χ1v) is 22.6. The number of hydrogen-bond donors (Lipinski definition) is 5. The van der Waals surface area contributed by atoms with Crippen LogP contribution in [0.2, 0.25) is 0 Å². The number of ether oxygens (including phenoxy) is 4. The van der Waals surface area contributed by atoms with E-state index in [0.717, 1.165) is 57.8 Å². The molecule has 14 nitrogen and oxygen atoms in total. The summed E-state index contributed by atoms with van der Waals surface area (Å²) in [5, 5.41) is 58.2. The van der Waals surface area contributed by atoms with E-state index in [1.807, 2.05) is 0 Å². The van der Waals surface area contributed by atoms with Crippen LogP contribution >= 0.6 is 0 Å². The fraction of sp³-hybridized carbons (Fsp3) is 0.702. The van der Waals surface area contributed by atoms with Gasteiger partial charge >= 0.3 is 0 Å². The topological polar surface area (TPSA) is 210 Å². The Balaban J connectivity index is 1.08. The number of benzene rings is 1. The van der Waals surface area contributed by atoms with E-state index in [1.54, 1.807) is 26.0 Å². The molecule has 0 spiro atoms. The van der Waals surface area contributed by atoms with Gasteiger partial charge in [-0.3, -0.25) is 24.1 Å². The Kier molecular flexibility index (Phi) is 11.0. The van der Waals surface area contributed by atoms with Gasteiger partial charge in [0.15, 0.2) is 23.6 Å². The molecule has 11 atom stereocenters. The van der Waals surface area contributed by atoms with E-state index < -0.39 is 107 Å². The summed E-state index contributed by atoms with van der Waals surface area (Å²) < 4.78 is 25.9. The van der Waals surface area contributed by atoms with Crippen molar-refractivity contribution in [2.75, 3.05) is 13.7 Å². The molecule has 0 aromatic heterocycles. The number of piperidine rings is 2. The van der Waals surface area contributed by atoms with Gasteiger partial charge in [-0.1, -0.05) is 37.8 Å². The Hall–Kier alpha value is -3.50. The highest BCUT2D eigenvalue weighted by Gasteiger charge is 2.75. The van der Waals surface area contributed by atoms with Crippen LogP contribution in [0.1, 0.15) is 144 Å². The maximum atomic E-state index is 14.3. The number of ketones is 4. The summed E-state index contributed by atoms with van der Waals surface area (Å²) in [6, 6.07) is 4.57. The molecule has 6 fully saturated rings. The van der Waals surface area contributed by atoms with Crippen LogP contribution in [0.3, 0.4) is 0 Å². The van der Waals surface area contributed by atoms with Crippen LogP contribution < -0.4 is 4.74 Å². The van der Waals surface area contributed by atoms with Crippen molar-refractivity contribution in [1.82, 2.24) is 4.90 Å². The summed E-state index contributed by atoms with van der Waals surface area (Å²) in [5.41, 5.74) is -3.82. The first kappa shape index (κ1) is 42.8. The summed E-state index contributed by atoms with van der Waals surface area (Å²) in [5.74, 6) is -6.09. The zero-order chi connectivity index (χ0) is 43.2. The number of allylic oxidation sites excluding steroid dienone is 2. The van der Waals surface area contributed by atoms with Crippen LogP contribution in [0.15, 0.2) is 40.9 Å². The third-order valence-corrected chi connectivity index (χ3v) is 16.0. The van der Waals surface area contributed by atoms with Gasteiger partial charge in [0.1, 0.15) is 35.4 Å². The maximum absolute atomic E-state index is 14.3. The van der Waals surface area contributed by atoms with Crippen LogP contribution in [0.25, 0.3) is 0 Å². The van der Waals surface area contributed by atoms with Gasteiger partial charge in [-0.05, 0) is 71.3 Å². The van der Waals surface area contributed by atoms with Crippen molar-refractivity contribution >= 4 is 23.1 Å². The zero-order valence-electron chi connectivity index (χ0n) is 35.5. The first-order chi connectivity index (χ1) is 29.1. The van der Waals surface area contributed by atoms with Gasteiger partial charge < -0.3 is 44.5 Å². The van der Waals surface area contributed by atoms with Crippen molar-refractivity contribution in [3.63, 3.8) is 0 Å². The lowest BCUT2D eigenvalue weighted by Crippen LogP contribution is -2.87. The standard InChI is InChI=1S/C47H61NO13/c1-25-39(52)31(45-15-9-17-46(26(2)50)24-47(48(45)46,18-10-16-45)61-28-11-6-4-5-7-12-28)19-34(59-25)60-33-22-44(57,20-27(51)23-49)21-30-36(33)43(56)38-37(41(30)54)40(53)29-13-8-14-32(58-3)35(29)42(38)55/h8,13-14,25,28,31,33-34,37-39,49,52,54,56-57H,4-7,9-12,15-24H2,1-3H3/t25?,31?,33-,34?,37?,38?,39?,44-,45?,46?,47?/m0/s1.